The maximum absolute atomic E-state index is 14.3. The fourth-order valence-corrected chi connectivity index (χ4v) is 6.87. The topological polar surface area (TPSA) is 48.1 Å². The minimum Gasteiger partial charge on any atom is -0.365 e. The minimum absolute atomic E-state index is 0.00633. The van der Waals surface area contributed by atoms with Crippen molar-refractivity contribution in [2.75, 3.05) is 19.6 Å². The van der Waals surface area contributed by atoms with Gasteiger partial charge in [0.25, 0.3) is 0 Å². The van der Waals surface area contributed by atoms with E-state index in [0.29, 0.717) is 11.8 Å². The van der Waals surface area contributed by atoms with Crippen LogP contribution in [0.5, 0.6) is 0 Å². The van der Waals surface area contributed by atoms with Crippen LogP contribution >= 0.6 is 0 Å². The van der Waals surface area contributed by atoms with E-state index in [2.05, 4.69) is 88.1 Å². The standard InChI is InChI=1S/C29H33N3O/c33-28(25-19-30-20-29(25)15-7-12-26-24(29)13-16-31-26)32-17-14-23(21-8-3-1-4-9-21)18-27(32)22-10-5-2-6-11-22/h1-6,8-11,13,16,23,25,27,30-31H,7,12,14-15,17-20H2/t23-,25+,27+,29+/m1/s1. The Bertz CT molecular complexity index is 1110. The number of carbonyl (C=O) groups excluding carboxylic acids is 1. The second kappa shape index (κ2) is 8.49. The molecule has 3 aromatic rings. The molecule has 0 bridgehead atoms. The molecule has 0 saturated carbocycles. The first-order chi connectivity index (χ1) is 16.3. The van der Waals surface area contributed by atoms with Gasteiger partial charge in [-0.1, -0.05) is 60.7 Å². The van der Waals surface area contributed by atoms with Crippen LogP contribution in [0.2, 0.25) is 0 Å². The van der Waals surface area contributed by atoms with Gasteiger partial charge in [0.05, 0.1) is 12.0 Å². The number of fused-ring (bicyclic) bond motifs is 2. The molecule has 4 atom stereocenters. The van der Waals surface area contributed by atoms with E-state index in [9.17, 15) is 4.79 Å². The largest absolute Gasteiger partial charge is 0.365 e. The zero-order valence-electron chi connectivity index (χ0n) is 19.2. The number of hydrogen-bond acceptors (Lipinski definition) is 2. The normalized spacial score (nSPS) is 29.2. The van der Waals surface area contributed by atoms with Gasteiger partial charge >= 0.3 is 0 Å². The predicted octanol–water partition coefficient (Wildman–Crippen LogP) is 4.96. The van der Waals surface area contributed by atoms with E-state index in [1.54, 1.807) is 0 Å². The number of aryl methyl sites for hydroxylation is 1. The molecule has 1 amide bonds. The lowest BCUT2D eigenvalue weighted by Gasteiger charge is -2.45. The first kappa shape index (κ1) is 20.7. The van der Waals surface area contributed by atoms with Crippen molar-refractivity contribution >= 4 is 5.91 Å². The number of H-pyrrole nitrogens is 1. The summed E-state index contributed by atoms with van der Waals surface area (Å²) < 4.78 is 0. The van der Waals surface area contributed by atoms with Crippen molar-refractivity contribution in [1.82, 2.24) is 15.2 Å². The van der Waals surface area contributed by atoms with Crippen LogP contribution in [0.25, 0.3) is 0 Å². The van der Waals surface area contributed by atoms with Gasteiger partial charge in [0, 0.05) is 36.9 Å². The average molecular weight is 440 g/mol. The molecule has 170 valence electrons. The molecule has 2 saturated heterocycles. The molecule has 2 fully saturated rings. The van der Waals surface area contributed by atoms with E-state index in [0.717, 1.165) is 51.7 Å². The number of rotatable bonds is 3. The third-order valence-corrected chi connectivity index (χ3v) is 8.51. The van der Waals surface area contributed by atoms with Gasteiger partial charge in [0.15, 0.2) is 0 Å². The number of hydrogen-bond donors (Lipinski definition) is 2. The molecule has 6 rings (SSSR count). The quantitative estimate of drug-likeness (QED) is 0.606. The van der Waals surface area contributed by atoms with Crippen LogP contribution in [0.3, 0.4) is 0 Å². The van der Waals surface area contributed by atoms with E-state index >= 15 is 0 Å². The lowest BCUT2D eigenvalue weighted by Crippen LogP contribution is -2.50. The summed E-state index contributed by atoms with van der Waals surface area (Å²) in [6, 6.07) is 23.9. The molecule has 1 spiro atoms. The van der Waals surface area contributed by atoms with Gasteiger partial charge in [-0.05, 0) is 60.8 Å². The highest BCUT2D eigenvalue weighted by atomic mass is 16.2. The Labute approximate surface area is 196 Å². The van der Waals surface area contributed by atoms with Gasteiger partial charge < -0.3 is 15.2 Å². The number of piperidine rings is 1. The number of likely N-dealkylation sites (tertiary alicyclic amines) is 1. The molecule has 3 heterocycles. The fourth-order valence-electron chi connectivity index (χ4n) is 6.87. The Morgan fingerprint density at radius 2 is 1.73 bits per heavy atom. The number of aromatic amines is 1. The van der Waals surface area contributed by atoms with Crippen LogP contribution < -0.4 is 5.32 Å². The number of nitrogens with one attached hydrogen (secondary N) is 2. The Hall–Kier alpha value is -2.85. The van der Waals surface area contributed by atoms with Crippen LogP contribution in [-0.4, -0.2) is 35.4 Å². The maximum Gasteiger partial charge on any atom is 0.228 e. The SMILES string of the molecule is O=C([C@@H]1CNC[C@]12CCCc1[nH]ccc12)N1CC[C@@H](c2ccccc2)C[C@H]1c1ccccc1. The molecule has 2 aliphatic heterocycles. The van der Waals surface area contributed by atoms with Crippen LogP contribution in [0.1, 0.15) is 60.0 Å². The molecule has 0 unspecified atom stereocenters. The van der Waals surface area contributed by atoms with Gasteiger partial charge in [0.2, 0.25) is 5.91 Å². The highest BCUT2D eigenvalue weighted by Crippen LogP contribution is 2.47. The monoisotopic (exact) mass is 439 g/mol. The van der Waals surface area contributed by atoms with E-state index in [1.165, 1.54) is 22.4 Å². The number of benzene rings is 2. The zero-order chi connectivity index (χ0) is 22.3. The highest BCUT2D eigenvalue weighted by Gasteiger charge is 2.52. The van der Waals surface area contributed by atoms with Gasteiger partial charge in [-0.2, -0.15) is 0 Å². The van der Waals surface area contributed by atoms with Crippen LogP contribution in [-0.2, 0) is 16.6 Å². The predicted molar refractivity (Wildman–Crippen MR) is 131 cm³/mol. The molecule has 2 N–H and O–H groups in total. The lowest BCUT2D eigenvalue weighted by molar-refractivity contribution is -0.141. The lowest BCUT2D eigenvalue weighted by atomic mass is 9.65. The molecule has 0 radical (unpaired) electrons. The molecule has 33 heavy (non-hydrogen) atoms. The first-order valence-corrected chi connectivity index (χ1v) is 12.5. The van der Waals surface area contributed by atoms with E-state index in [-0.39, 0.29) is 17.4 Å². The molecule has 1 aromatic heterocycles. The summed E-state index contributed by atoms with van der Waals surface area (Å²) in [5.41, 5.74) is 5.31. The van der Waals surface area contributed by atoms with Crippen molar-refractivity contribution in [1.29, 1.82) is 0 Å². The van der Waals surface area contributed by atoms with Crippen molar-refractivity contribution in [3.63, 3.8) is 0 Å². The Morgan fingerprint density at radius 3 is 2.52 bits per heavy atom. The van der Waals surface area contributed by atoms with Crippen molar-refractivity contribution in [3.8, 4) is 0 Å². The molecular weight excluding hydrogens is 406 g/mol. The number of nitrogens with zero attached hydrogens (tertiary/aromatic N) is 1. The smallest absolute Gasteiger partial charge is 0.228 e. The Morgan fingerprint density at radius 1 is 0.970 bits per heavy atom. The molecule has 1 aliphatic carbocycles. The van der Waals surface area contributed by atoms with Crippen molar-refractivity contribution < 1.29 is 4.79 Å². The molecule has 4 nitrogen and oxygen atoms in total. The molecule has 4 heteroatoms. The van der Waals surface area contributed by atoms with E-state index in [1.807, 2.05) is 0 Å². The summed E-state index contributed by atoms with van der Waals surface area (Å²) in [5.74, 6) is 0.836. The fraction of sp³-hybridized carbons (Fsp3) is 0.414. The maximum atomic E-state index is 14.3. The van der Waals surface area contributed by atoms with Gasteiger partial charge in [-0.15, -0.1) is 0 Å². The average Bonchev–Trinajstić information content (AvgIpc) is 3.53. The van der Waals surface area contributed by atoms with Gasteiger partial charge in [-0.25, -0.2) is 0 Å². The van der Waals surface area contributed by atoms with Crippen LogP contribution in [0.15, 0.2) is 72.9 Å². The van der Waals surface area contributed by atoms with Crippen molar-refractivity contribution in [2.24, 2.45) is 5.92 Å². The Kier molecular flexibility index (Phi) is 5.34. The van der Waals surface area contributed by atoms with Crippen molar-refractivity contribution in [3.05, 3.63) is 95.3 Å². The van der Waals surface area contributed by atoms with E-state index < -0.39 is 0 Å². The second-order valence-electron chi connectivity index (χ2n) is 10.2. The molecule has 2 aromatic carbocycles. The number of carbonyl (C=O) groups is 1. The summed E-state index contributed by atoms with van der Waals surface area (Å²) in [4.78, 5) is 20.0. The summed E-state index contributed by atoms with van der Waals surface area (Å²) in [6.45, 7) is 2.51. The highest BCUT2D eigenvalue weighted by molar-refractivity contribution is 5.82. The van der Waals surface area contributed by atoms with Gasteiger partial charge in [-0.3, -0.25) is 4.79 Å². The van der Waals surface area contributed by atoms with Crippen LogP contribution in [0.4, 0.5) is 0 Å². The number of amides is 1. The summed E-state index contributed by atoms with van der Waals surface area (Å²) in [7, 11) is 0. The van der Waals surface area contributed by atoms with Crippen molar-refractivity contribution in [2.45, 2.75) is 49.5 Å². The summed E-state index contributed by atoms with van der Waals surface area (Å²) >= 11 is 0. The zero-order valence-corrected chi connectivity index (χ0v) is 19.2. The number of aromatic nitrogens is 1. The molecular formula is C29H33N3O. The van der Waals surface area contributed by atoms with Gasteiger partial charge in [0.1, 0.15) is 0 Å². The van der Waals surface area contributed by atoms with E-state index in [4.69, 9.17) is 0 Å². The third-order valence-electron chi connectivity index (χ3n) is 8.51. The van der Waals surface area contributed by atoms with Crippen LogP contribution in [0, 0.1) is 5.92 Å². The summed E-state index contributed by atoms with van der Waals surface area (Å²) in [5, 5.41) is 3.61. The third kappa shape index (κ3) is 3.52. The first-order valence-electron chi connectivity index (χ1n) is 12.5. The Balaban J connectivity index is 1.33. The summed E-state index contributed by atoms with van der Waals surface area (Å²) in [6.07, 6.45) is 7.43. The minimum atomic E-state index is -0.0673. The second-order valence-corrected chi connectivity index (χ2v) is 10.2. The molecule has 3 aliphatic rings.